The van der Waals surface area contributed by atoms with Gasteiger partial charge < -0.3 is 29.2 Å². The van der Waals surface area contributed by atoms with Crippen molar-refractivity contribution in [3.63, 3.8) is 0 Å². The van der Waals surface area contributed by atoms with Gasteiger partial charge in [0.05, 0.1) is 26.3 Å². The number of hydrogen-bond acceptors (Lipinski definition) is 7. The molecule has 1 amide bonds. The van der Waals surface area contributed by atoms with Crippen LogP contribution in [0.25, 0.3) is 0 Å². The molecule has 0 fully saturated rings. The van der Waals surface area contributed by atoms with Gasteiger partial charge in [0.2, 0.25) is 5.91 Å². The minimum absolute atomic E-state index is 0.120. The van der Waals surface area contributed by atoms with E-state index in [0.29, 0.717) is 55.9 Å². The summed E-state index contributed by atoms with van der Waals surface area (Å²) in [5.74, 6) is 2.67. The first-order valence-corrected chi connectivity index (χ1v) is 11.5. The van der Waals surface area contributed by atoms with Gasteiger partial charge in [-0.2, -0.15) is 0 Å². The van der Waals surface area contributed by atoms with Crippen LogP contribution >= 0.6 is 11.3 Å². The average molecular weight is 453 g/mol. The molecule has 3 aromatic rings. The Morgan fingerprint density at radius 2 is 1.59 bits per heavy atom. The Kier molecular flexibility index (Phi) is 6.02. The zero-order chi connectivity index (χ0) is 21.8. The number of thiophene rings is 1. The van der Waals surface area contributed by atoms with Gasteiger partial charge >= 0.3 is 0 Å². The van der Waals surface area contributed by atoms with E-state index in [2.05, 4.69) is 11.4 Å². The molecule has 166 valence electrons. The maximum Gasteiger partial charge on any atom is 0.243 e. The molecule has 0 atom stereocenters. The summed E-state index contributed by atoms with van der Waals surface area (Å²) in [5.41, 5.74) is 1.58. The van der Waals surface area contributed by atoms with Crippen LogP contribution in [0.2, 0.25) is 0 Å². The smallest absolute Gasteiger partial charge is 0.243 e. The average Bonchev–Trinajstić information content (AvgIpc) is 3.21. The number of anilines is 2. The van der Waals surface area contributed by atoms with Gasteiger partial charge in [0.1, 0.15) is 13.2 Å². The lowest BCUT2D eigenvalue weighted by atomic mass is 10.2. The van der Waals surface area contributed by atoms with Crippen molar-refractivity contribution in [3.8, 4) is 23.0 Å². The van der Waals surface area contributed by atoms with Crippen LogP contribution in [0.3, 0.4) is 0 Å². The van der Waals surface area contributed by atoms with E-state index >= 15 is 0 Å². The predicted molar refractivity (Wildman–Crippen MR) is 123 cm³/mol. The second-order valence-electron chi connectivity index (χ2n) is 7.52. The molecule has 0 aliphatic carbocycles. The lowest BCUT2D eigenvalue weighted by Crippen LogP contribution is -2.32. The van der Waals surface area contributed by atoms with Crippen LogP contribution in [0, 0.1) is 0 Å². The first-order valence-electron chi connectivity index (χ1n) is 10.6. The number of ether oxygens (including phenoxy) is 4. The number of carbonyl (C=O) groups excluding carboxylic acids is 1. The largest absolute Gasteiger partial charge is 0.490 e. The number of nitrogens with one attached hydrogen (secondary N) is 1. The summed E-state index contributed by atoms with van der Waals surface area (Å²) in [4.78, 5) is 16.2. The SMILES string of the molecule is O=C(CN(Cc1cccs1)c1ccc2c(c1)OCCO2)Nc1ccc2c(c1)OCCCO2. The van der Waals surface area contributed by atoms with Gasteiger partial charge in [0.25, 0.3) is 0 Å². The normalized spacial score (nSPS) is 14.4. The van der Waals surface area contributed by atoms with Crippen LogP contribution in [0.4, 0.5) is 11.4 Å². The third-order valence-electron chi connectivity index (χ3n) is 5.18. The minimum Gasteiger partial charge on any atom is -0.490 e. The van der Waals surface area contributed by atoms with Crippen LogP contribution in [-0.4, -0.2) is 38.9 Å². The lowest BCUT2D eigenvalue weighted by molar-refractivity contribution is -0.115. The second-order valence-corrected chi connectivity index (χ2v) is 8.56. The molecule has 0 radical (unpaired) electrons. The van der Waals surface area contributed by atoms with Gasteiger partial charge in [-0.3, -0.25) is 4.79 Å². The zero-order valence-electron chi connectivity index (χ0n) is 17.5. The Balaban J connectivity index is 1.33. The van der Waals surface area contributed by atoms with Gasteiger partial charge in [0.15, 0.2) is 23.0 Å². The minimum atomic E-state index is -0.120. The molecule has 2 aliphatic heterocycles. The maximum absolute atomic E-state index is 13.0. The van der Waals surface area contributed by atoms with Crippen molar-refractivity contribution in [2.45, 2.75) is 13.0 Å². The molecule has 32 heavy (non-hydrogen) atoms. The van der Waals surface area contributed by atoms with E-state index in [4.69, 9.17) is 18.9 Å². The molecule has 2 aromatic carbocycles. The Hall–Kier alpha value is -3.39. The van der Waals surface area contributed by atoms with Crippen molar-refractivity contribution in [1.82, 2.24) is 0 Å². The van der Waals surface area contributed by atoms with Crippen molar-refractivity contribution in [1.29, 1.82) is 0 Å². The Bertz CT molecular complexity index is 1090. The molecule has 2 aliphatic rings. The van der Waals surface area contributed by atoms with Crippen molar-refractivity contribution < 1.29 is 23.7 Å². The summed E-state index contributed by atoms with van der Waals surface area (Å²) in [5, 5.41) is 5.02. The van der Waals surface area contributed by atoms with Crippen molar-refractivity contribution in [3.05, 3.63) is 58.8 Å². The standard InChI is InChI=1S/C24H24N2O5S/c27-24(25-17-4-6-20-22(13-17)29-9-2-8-28-20)16-26(15-19-3-1-12-32-19)18-5-7-21-23(14-18)31-11-10-30-21/h1,3-7,12-14H,2,8-11,15-16H2,(H,25,27). The highest BCUT2D eigenvalue weighted by Crippen LogP contribution is 2.35. The van der Waals surface area contributed by atoms with E-state index in [0.717, 1.165) is 17.9 Å². The summed E-state index contributed by atoms with van der Waals surface area (Å²) in [7, 11) is 0. The number of rotatable bonds is 6. The number of amides is 1. The van der Waals surface area contributed by atoms with E-state index in [9.17, 15) is 4.79 Å². The van der Waals surface area contributed by atoms with Crippen molar-refractivity contribution >= 4 is 28.6 Å². The number of hydrogen-bond donors (Lipinski definition) is 1. The molecule has 1 aromatic heterocycles. The van der Waals surface area contributed by atoms with E-state index in [1.807, 2.05) is 52.7 Å². The van der Waals surface area contributed by atoms with Gasteiger partial charge in [-0.05, 0) is 35.7 Å². The van der Waals surface area contributed by atoms with Crippen LogP contribution in [0.5, 0.6) is 23.0 Å². The quantitative estimate of drug-likeness (QED) is 0.601. The highest BCUT2D eigenvalue weighted by molar-refractivity contribution is 7.09. The van der Waals surface area contributed by atoms with Crippen LogP contribution in [-0.2, 0) is 11.3 Å². The number of nitrogens with zero attached hydrogens (tertiary/aromatic N) is 1. The van der Waals surface area contributed by atoms with Crippen LogP contribution < -0.4 is 29.2 Å². The van der Waals surface area contributed by atoms with Crippen LogP contribution in [0.1, 0.15) is 11.3 Å². The number of carbonyl (C=O) groups is 1. The highest BCUT2D eigenvalue weighted by atomic mass is 32.1. The third-order valence-corrected chi connectivity index (χ3v) is 6.04. The Labute approximate surface area is 190 Å². The van der Waals surface area contributed by atoms with Crippen molar-refractivity contribution in [2.75, 3.05) is 43.2 Å². The molecule has 0 saturated carbocycles. The molecule has 0 bridgehead atoms. The summed E-state index contributed by atoms with van der Waals surface area (Å²) in [6, 6.07) is 15.3. The summed E-state index contributed by atoms with van der Waals surface area (Å²) >= 11 is 1.66. The summed E-state index contributed by atoms with van der Waals surface area (Å²) < 4.78 is 22.8. The molecule has 7 nitrogen and oxygen atoms in total. The molecule has 8 heteroatoms. The lowest BCUT2D eigenvalue weighted by Gasteiger charge is -2.26. The van der Waals surface area contributed by atoms with Gasteiger partial charge in [-0.15, -0.1) is 11.3 Å². The number of fused-ring (bicyclic) bond motifs is 2. The predicted octanol–water partition coefficient (Wildman–Crippen LogP) is 4.33. The molecule has 3 heterocycles. The maximum atomic E-state index is 13.0. The molecule has 0 saturated heterocycles. The fourth-order valence-electron chi connectivity index (χ4n) is 3.67. The molecule has 0 spiro atoms. The topological polar surface area (TPSA) is 69.3 Å². The first kappa shape index (κ1) is 20.5. The molecular weight excluding hydrogens is 428 g/mol. The molecule has 1 N–H and O–H groups in total. The molecule has 0 unspecified atom stereocenters. The number of benzene rings is 2. The van der Waals surface area contributed by atoms with E-state index < -0.39 is 0 Å². The zero-order valence-corrected chi connectivity index (χ0v) is 18.4. The molecule has 5 rings (SSSR count). The monoisotopic (exact) mass is 452 g/mol. The van der Waals surface area contributed by atoms with Gasteiger partial charge in [-0.1, -0.05) is 6.07 Å². The van der Waals surface area contributed by atoms with Gasteiger partial charge in [0, 0.05) is 34.8 Å². The highest BCUT2D eigenvalue weighted by Gasteiger charge is 2.18. The fourth-order valence-corrected chi connectivity index (χ4v) is 4.39. The molecular formula is C24H24N2O5S. The summed E-state index contributed by atoms with van der Waals surface area (Å²) in [6.07, 6.45) is 0.837. The van der Waals surface area contributed by atoms with E-state index in [1.165, 1.54) is 4.88 Å². The second kappa shape index (κ2) is 9.40. The third kappa shape index (κ3) is 4.75. The fraction of sp³-hybridized carbons (Fsp3) is 0.292. The summed E-state index contributed by atoms with van der Waals surface area (Å²) in [6.45, 7) is 3.10. The van der Waals surface area contributed by atoms with E-state index in [1.54, 1.807) is 11.3 Å². The Morgan fingerprint density at radius 1 is 0.875 bits per heavy atom. The van der Waals surface area contributed by atoms with E-state index in [-0.39, 0.29) is 12.5 Å². The van der Waals surface area contributed by atoms with Crippen LogP contribution in [0.15, 0.2) is 53.9 Å². The first-order chi connectivity index (χ1) is 15.7. The van der Waals surface area contributed by atoms with Gasteiger partial charge in [-0.25, -0.2) is 0 Å². The van der Waals surface area contributed by atoms with Crippen molar-refractivity contribution in [2.24, 2.45) is 0 Å². The Morgan fingerprint density at radius 3 is 2.41 bits per heavy atom.